The topological polar surface area (TPSA) is 75.7 Å². The minimum absolute atomic E-state index is 0.00327. The molecule has 6 nitrogen and oxygen atoms in total. The van der Waals surface area contributed by atoms with Crippen molar-refractivity contribution >= 4 is 27.5 Å². The maximum atomic E-state index is 13.1. The number of nitrogens with zero attached hydrogens (tertiary/aromatic N) is 1. The zero-order valence-corrected chi connectivity index (χ0v) is 16.2. The first kappa shape index (κ1) is 20.2. The molecule has 2 aromatic rings. The van der Waals surface area contributed by atoms with Crippen molar-refractivity contribution in [2.24, 2.45) is 0 Å². The van der Waals surface area contributed by atoms with Crippen LogP contribution in [-0.4, -0.2) is 38.8 Å². The van der Waals surface area contributed by atoms with Gasteiger partial charge in [0.15, 0.2) is 0 Å². The summed E-state index contributed by atoms with van der Waals surface area (Å²) < 4.78 is 32.3. The van der Waals surface area contributed by atoms with Crippen molar-refractivity contribution < 1.29 is 17.9 Å². The van der Waals surface area contributed by atoms with E-state index < -0.39 is 10.0 Å². The van der Waals surface area contributed by atoms with Gasteiger partial charge in [-0.2, -0.15) is 4.31 Å². The van der Waals surface area contributed by atoms with Crippen LogP contribution < -0.4 is 10.1 Å². The minimum atomic E-state index is -3.93. The number of ether oxygens (including phenoxy) is 1. The first-order valence-electron chi connectivity index (χ1n) is 8.02. The summed E-state index contributed by atoms with van der Waals surface area (Å²) in [5.41, 5.74) is 0.778. The number of sulfonamides is 1. The third kappa shape index (κ3) is 4.97. The van der Waals surface area contributed by atoms with Crippen molar-refractivity contribution in [3.63, 3.8) is 0 Å². The molecule has 0 heterocycles. The number of methoxy groups -OCH3 is 1. The van der Waals surface area contributed by atoms with Gasteiger partial charge in [0.05, 0.1) is 23.6 Å². The van der Waals surface area contributed by atoms with Crippen LogP contribution in [0, 0.1) is 0 Å². The SMILES string of the molecule is CCNC(=O)CN(Cc1ccccc1)S(=O)(=O)c1ccc(OC)c(Cl)c1. The first-order chi connectivity index (χ1) is 12.4. The second-order valence-corrected chi connectivity index (χ2v) is 7.85. The lowest BCUT2D eigenvalue weighted by Gasteiger charge is -2.22. The van der Waals surface area contributed by atoms with E-state index in [4.69, 9.17) is 16.3 Å². The quantitative estimate of drug-likeness (QED) is 0.744. The Labute approximate surface area is 158 Å². The maximum absolute atomic E-state index is 13.1. The van der Waals surface area contributed by atoms with Gasteiger partial charge in [-0.3, -0.25) is 4.79 Å². The summed E-state index contributed by atoms with van der Waals surface area (Å²) in [6, 6.07) is 13.3. The highest BCUT2D eigenvalue weighted by atomic mass is 35.5. The third-order valence-electron chi connectivity index (χ3n) is 3.66. The average Bonchev–Trinajstić information content (AvgIpc) is 2.62. The van der Waals surface area contributed by atoms with Gasteiger partial charge in [-0.25, -0.2) is 8.42 Å². The van der Waals surface area contributed by atoms with Gasteiger partial charge in [-0.15, -0.1) is 0 Å². The number of amides is 1. The second kappa shape index (κ2) is 9.02. The van der Waals surface area contributed by atoms with Crippen molar-refractivity contribution in [3.05, 3.63) is 59.1 Å². The minimum Gasteiger partial charge on any atom is -0.495 e. The Bertz CT molecular complexity index is 857. The van der Waals surface area contributed by atoms with E-state index >= 15 is 0 Å². The molecule has 0 aliphatic rings. The Hall–Kier alpha value is -2.09. The monoisotopic (exact) mass is 396 g/mol. The molecular weight excluding hydrogens is 376 g/mol. The van der Waals surface area contributed by atoms with E-state index in [0.29, 0.717) is 12.3 Å². The van der Waals surface area contributed by atoms with Crippen LogP contribution in [0.1, 0.15) is 12.5 Å². The Morgan fingerprint density at radius 2 is 1.88 bits per heavy atom. The van der Waals surface area contributed by atoms with Crippen LogP contribution in [0.15, 0.2) is 53.4 Å². The van der Waals surface area contributed by atoms with Crippen LogP contribution in [0.3, 0.4) is 0 Å². The number of likely N-dealkylation sites (N-methyl/N-ethyl adjacent to an activating group) is 1. The summed E-state index contributed by atoms with van der Waals surface area (Å²) in [4.78, 5) is 12.0. The predicted octanol–water partition coefficient (Wildman–Crippen LogP) is 2.68. The highest BCUT2D eigenvalue weighted by Gasteiger charge is 2.27. The fraction of sp³-hybridized carbons (Fsp3) is 0.278. The summed E-state index contributed by atoms with van der Waals surface area (Å²) in [7, 11) is -2.48. The number of hydrogen-bond acceptors (Lipinski definition) is 4. The van der Waals surface area contributed by atoms with Crippen molar-refractivity contribution in [2.45, 2.75) is 18.4 Å². The van der Waals surface area contributed by atoms with Crippen molar-refractivity contribution in [1.82, 2.24) is 9.62 Å². The standard InChI is InChI=1S/C18H21ClN2O4S/c1-3-20-18(22)13-21(12-14-7-5-4-6-8-14)26(23,24)15-9-10-17(25-2)16(19)11-15/h4-11H,3,12-13H2,1-2H3,(H,20,22). The molecule has 0 aromatic heterocycles. The van der Waals surface area contributed by atoms with Crippen LogP contribution in [0.2, 0.25) is 5.02 Å². The Kier molecular flexibility index (Phi) is 7.02. The molecule has 1 N–H and O–H groups in total. The van der Waals surface area contributed by atoms with Gasteiger partial charge in [0.25, 0.3) is 0 Å². The molecule has 0 bridgehead atoms. The summed E-state index contributed by atoms with van der Waals surface area (Å²) in [5.74, 6) is 0.00978. The van der Waals surface area contributed by atoms with Gasteiger partial charge in [0, 0.05) is 13.1 Å². The molecule has 0 saturated carbocycles. The highest BCUT2D eigenvalue weighted by Crippen LogP contribution is 2.28. The first-order valence-corrected chi connectivity index (χ1v) is 9.84. The molecular formula is C18H21ClN2O4S. The maximum Gasteiger partial charge on any atom is 0.243 e. The van der Waals surface area contributed by atoms with Gasteiger partial charge in [-0.1, -0.05) is 41.9 Å². The number of hydrogen-bond donors (Lipinski definition) is 1. The van der Waals surface area contributed by atoms with E-state index in [2.05, 4.69) is 5.32 Å². The third-order valence-corrected chi connectivity index (χ3v) is 5.74. The lowest BCUT2D eigenvalue weighted by molar-refractivity contribution is -0.121. The molecule has 0 radical (unpaired) electrons. The molecule has 0 aliphatic heterocycles. The van der Waals surface area contributed by atoms with Crippen molar-refractivity contribution in [2.75, 3.05) is 20.2 Å². The molecule has 0 saturated heterocycles. The van der Waals surface area contributed by atoms with Crippen LogP contribution in [0.5, 0.6) is 5.75 Å². The Balaban J connectivity index is 2.38. The smallest absolute Gasteiger partial charge is 0.243 e. The van der Waals surface area contributed by atoms with Crippen LogP contribution in [0.25, 0.3) is 0 Å². The summed E-state index contributed by atoms with van der Waals surface area (Å²) in [6.07, 6.45) is 0. The molecule has 26 heavy (non-hydrogen) atoms. The molecule has 0 fully saturated rings. The van der Waals surface area contributed by atoms with Crippen LogP contribution in [0.4, 0.5) is 0 Å². The Morgan fingerprint density at radius 3 is 2.46 bits per heavy atom. The molecule has 2 aromatic carbocycles. The van der Waals surface area contributed by atoms with Gasteiger partial charge in [-0.05, 0) is 30.7 Å². The van der Waals surface area contributed by atoms with Gasteiger partial charge in [0.2, 0.25) is 15.9 Å². The van der Waals surface area contributed by atoms with Crippen molar-refractivity contribution in [3.8, 4) is 5.75 Å². The fourth-order valence-corrected chi connectivity index (χ4v) is 4.12. The van der Waals surface area contributed by atoms with E-state index in [0.717, 1.165) is 9.87 Å². The van der Waals surface area contributed by atoms with E-state index in [1.807, 2.05) is 18.2 Å². The van der Waals surface area contributed by atoms with Gasteiger partial charge >= 0.3 is 0 Å². The second-order valence-electron chi connectivity index (χ2n) is 5.51. The molecule has 0 unspecified atom stereocenters. The number of carbonyl (C=O) groups is 1. The number of halogens is 1. The molecule has 140 valence electrons. The van der Waals surface area contributed by atoms with E-state index in [1.165, 1.54) is 25.3 Å². The zero-order valence-electron chi connectivity index (χ0n) is 14.6. The highest BCUT2D eigenvalue weighted by molar-refractivity contribution is 7.89. The summed E-state index contributed by atoms with van der Waals surface area (Å²) in [5, 5.41) is 2.81. The largest absolute Gasteiger partial charge is 0.495 e. The van der Waals surface area contributed by atoms with E-state index in [1.54, 1.807) is 19.1 Å². The van der Waals surface area contributed by atoms with E-state index in [-0.39, 0.29) is 28.9 Å². The molecule has 2 rings (SSSR count). The number of rotatable bonds is 8. The number of carbonyl (C=O) groups excluding carboxylic acids is 1. The van der Waals surface area contributed by atoms with Gasteiger partial charge < -0.3 is 10.1 Å². The molecule has 1 amide bonds. The number of benzene rings is 2. The molecule has 0 atom stereocenters. The van der Waals surface area contributed by atoms with Crippen molar-refractivity contribution in [1.29, 1.82) is 0 Å². The lowest BCUT2D eigenvalue weighted by Crippen LogP contribution is -2.40. The lowest BCUT2D eigenvalue weighted by atomic mass is 10.2. The van der Waals surface area contributed by atoms with Crippen LogP contribution >= 0.6 is 11.6 Å². The normalized spacial score (nSPS) is 11.4. The number of nitrogens with one attached hydrogen (secondary N) is 1. The predicted molar refractivity (Wildman–Crippen MR) is 101 cm³/mol. The molecule has 0 spiro atoms. The van der Waals surface area contributed by atoms with E-state index in [9.17, 15) is 13.2 Å². The van der Waals surface area contributed by atoms with Gasteiger partial charge in [0.1, 0.15) is 5.75 Å². The van der Waals surface area contributed by atoms with Crippen LogP contribution in [-0.2, 0) is 21.4 Å². The fourth-order valence-electron chi connectivity index (χ4n) is 2.38. The Morgan fingerprint density at radius 1 is 1.19 bits per heavy atom. The average molecular weight is 397 g/mol. The molecule has 0 aliphatic carbocycles. The zero-order chi connectivity index (χ0) is 19.2. The molecule has 8 heteroatoms. The summed E-state index contributed by atoms with van der Waals surface area (Å²) >= 11 is 6.07. The summed E-state index contributed by atoms with van der Waals surface area (Å²) in [6.45, 7) is 1.99.